The Kier molecular flexibility index (Phi) is 6.40. The molecule has 168 valence electrons. The summed E-state index contributed by atoms with van der Waals surface area (Å²) in [5.74, 6) is -0.347. The Labute approximate surface area is 194 Å². The summed E-state index contributed by atoms with van der Waals surface area (Å²) in [6.45, 7) is 6.88. The van der Waals surface area contributed by atoms with Gasteiger partial charge in [0.2, 0.25) is 0 Å². The van der Waals surface area contributed by atoms with Crippen LogP contribution in [0.3, 0.4) is 0 Å². The number of rotatable bonds is 5. The molecule has 2 aromatic rings. The van der Waals surface area contributed by atoms with Gasteiger partial charge in [-0.3, -0.25) is 9.63 Å². The minimum absolute atomic E-state index is 0.0562. The lowest BCUT2D eigenvalue weighted by Gasteiger charge is -2.44. The first-order chi connectivity index (χ1) is 15.9. The molecule has 2 heterocycles. The Morgan fingerprint density at radius 2 is 2.00 bits per heavy atom. The standard InChI is InChI=1S/C26H27N5O2/c1-17-10-11-21(26(32)29-33-4)14-23(17)28-24-22(15-27)16-31(30-13-12-18(2)25(24)30)19(3)20-8-6-5-7-9-20/h5-12,14,16,19,25H,13H2,1-4H3,(H,29,32)/t19-,25?/m0/s1. The highest BCUT2D eigenvalue weighted by molar-refractivity contribution is 6.10. The molecule has 0 aliphatic carbocycles. The van der Waals surface area contributed by atoms with Gasteiger partial charge >= 0.3 is 0 Å². The number of fused-ring (bicyclic) bond motifs is 1. The molecule has 7 heteroatoms. The van der Waals surface area contributed by atoms with Crippen LogP contribution in [-0.4, -0.2) is 41.3 Å². The first kappa shape index (κ1) is 22.5. The second-order valence-corrected chi connectivity index (χ2v) is 8.23. The van der Waals surface area contributed by atoms with E-state index in [1.165, 1.54) is 12.7 Å². The molecule has 0 aromatic heterocycles. The van der Waals surface area contributed by atoms with Crippen molar-refractivity contribution in [3.05, 3.63) is 88.6 Å². The number of carbonyl (C=O) groups is 1. The summed E-state index contributed by atoms with van der Waals surface area (Å²) in [5, 5.41) is 14.4. The van der Waals surface area contributed by atoms with E-state index in [1.54, 1.807) is 12.1 Å². The smallest absolute Gasteiger partial charge is 0.274 e. The maximum Gasteiger partial charge on any atom is 0.274 e. The first-order valence-electron chi connectivity index (χ1n) is 10.9. The van der Waals surface area contributed by atoms with Gasteiger partial charge in [0.05, 0.1) is 36.2 Å². The number of hydrogen-bond donors (Lipinski definition) is 1. The zero-order valence-electron chi connectivity index (χ0n) is 19.2. The van der Waals surface area contributed by atoms with Gasteiger partial charge in [0.15, 0.2) is 0 Å². The molecule has 1 unspecified atom stereocenters. The summed E-state index contributed by atoms with van der Waals surface area (Å²) in [5.41, 5.74) is 7.86. The van der Waals surface area contributed by atoms with E-state index in [0.29, 0.717) is 22.5 Å². The Bertz CT molecular complexity index is 1190. The third-order valence-electron chi connectivity index (χ3n) is 6.13. The van der Waals surface area contributed by atoms with Gasteiger partial charge in [-0.2, -0.15) is 5.26 Å². The Morgan fingerprint density at radius 1 is 1.24 bits per heavy atom. The number of nitrogens with zero attached hydrogens (tertiary/aromatic N) is 4. The quantitative estimate of drug-likeness (QED) is 0.550. The van der Waals surface area contributed by atoms with Crippen molar-refractivity contribution in [1.82, 2.24) is 15.5 Å². The lowest BCUT2D eigenvalue weighted by atomic mass is 9.96. The molecule has 1 amide bonds. The second kappa shape index (κ2) is 9.41. The normalized spacial score (nSPS) is 20.0. The molecule has 2 aromatic carbocycles. The highest BCUT2D eigenvalue weighted by Crippen LogP contribution is 2.36. The number of nitriles is 1. The van der Waals surface area contributed by atoms with Crippen molar-refractivity contribution in [3.8, 4) is 6.07 Å². The number of carbonyl (C=O) groups excluding carboxylic acids is 1. The summed E-state index contributed by atoms with van der Waals surface area (Å²) < 4.78 is 0. The minimum Gasteiger partial charge on any atom is -0.303 e. The largest absolute Gasteiger partial charge is 0.303 e. The second-order valence-electron chi connectivity index (χ2n) is 8.23. The maximum atomic E-state index is 12.2. The fraction of sp³-hybridized carbons (Fsp3) is 0.269. The first-order valence-corrected chi connectivity index (χ1v) is 10.9. The van der Waals surface area contributed by atoms with Gasteiger partial charge in [-0.05, 0) is 44.0 Å². The summed E-state index contributed by atoms with van der Waals surface area (Å²) in [4.78, 5) is 21.9. The average Bonchev–Trinajstić information content (AvgIpc) is 3.22. The highest BCUT2D eigenvalue weighted by Gasteiger charge is 2.40. The van der Waals surface area contributed by atoms with E-state index in [0.717, 1.165) is 17.7 Å². The zero-order valence-corrected chi connectivity index (χ0v) is 19.2. The zero-order chi connectivity index (χ0) is 23.5. The highest BCUT2D eigenvalue weighted by atomic mass is 16.6. The van der Waals surface area contributed by atoms with Crippen molar-refractivity contribution in [1.29, 1.82) is 5.26 Å². The molecule has 0 spiro atoms. The van der Waals surface area contributed by atoms with Gasteiger partial charge in [0, 0.05) is 18.3 Å². The van der Waals surface area contributed by atoms with Crippen LogP contribution < -0.4 is 5.48 Å². The fourth-order valence-corrected chi connectivity index (χ4v) is 4.27. The van der Waals surface area contributed by atoms with Crippen LogP contribution in [-0.2, 0) is 4.84 Å². The average molecular weight is 442 g/mol. The van der Waals surface area contributed by atoms with Crippen molar-refractivity contribution in [2.45, 2.75) is 32.9 Å². The van der Waals surface area contributed by atoms with Gasteiger partial charge in [-0.15, -0.1) is 0 Å². The molecule has 7 nitrogen and oxygen atoms in total. The van der Waals surface area contributed by atoms with Crippen molar-refractivity contribution in [2.75, 3.05) is 13.7 Å². The molecule has 2 atom stereocenters. The molecule has 2 aliphatic rings. The number of benzene rings is 2. The van der Waals surface area contributed by atoms with Crippen molar-refractivity contribution < 1.29 is 9.63 Å². The van der Waals surface area contributed by atoms with E-state index >= 15 is 0 Å². The predicted molar refractivity (Wildman–Crippen MR) is 127 cm³/mol. The van der Waals surface area contributed by atoms with Crippen LogP contribution in [0.1, 0.15) is 41.4 Å². The Hall–Kier alpha value is -3.73. The number of hydrogen-bond acceptors (Lipinski definition) is 6. The number of amides is 1. The van der Waals surface area contributed by atoms with E-state index in [-0.39, 0.29) is 18.0 Å². The van der Waals surface area contributed by atoms with Crippen LogP contribution in [0.15, 0.2) is 76.9 Å². The van der Waals surface area contributed by atoms with Gasteiger partial charge in [-0.25, -0.2) is 15.5 Å². The summed E-state index contributed by atoms with van der Waals surface area (Å²) in [6, 6.07) is 17.8. The van der Waals surface area contributed by atoms with Gasteiger partial charge in [0.1, 0.15) is 6.07 Å². The summed E-state index contributed by atoms with van der Waals surface area (Å²) in [7, 11) is 1.39. The minimum atomic E-state index is -0.347. The molecule has 2 aliphatic heterocycles. The molecule has 4 rings (SSSR count). The molecule has 0 fully saturated rings. The third kappa shape index (κ3) is 4.31. The SMILES string of the molecule is CONC(=O)c1ccc(C)c(N=C2C(C#N)=CN([C@@H](C)c3ccccc3)N3CC=C(C)C23)c1. The number of aryl methyl sites for hydroxylation is 1. The molecule has 0 radical (unpaired) electrons. The van der Waals surface area contributed by atoms with Gasteiger partial charge in [-0.1, -0.05) is 48.0 Å². The van der Waals surface area contributed by atoms with E-state index in [4.69, 9.17) is 9.83 Å². The number of aliphatic imine (C=N–C) groups is 1. The molecule has 0 saturated heterocycles. The number of hydrazine groups is 1. The van der Waals surface area contributed by atoms with Crippen molar-refractivity contribution in [2.24, 2.45) is 4.99 Å². The van der Waals surface area contributed by atoms with Crippen LogP contribution in [0.5, 0.6) is 0 Å². The monoisotopic (exact) mass is 441 g/mol. The fourth-order valence-electron chi connectivity index (χ4n) is 4.27. The van der Waals surface area contributed by atoms with E-state index in [9.17, 15) is 10.1 Å². The van der Waals surface area contributed by atoms with Crippen LogP contribution in [0.2, 0.25) is 0 Å². The lowest BCUT2D eigenvalue weighted by molar-refractivity contribution is -0.00426. The van der Waals surface area contributed by atoms with Crippen LogP contribution in [0.25, 0.3) is 0 Å². The van der Waals surface area contributed by atoms with Crippen LogP contribution >= 0.6 is 0 Å². The van der Waals surface area contributed by atoms with Gasteiger partial charge < -0.3 is 5.01 Å². The summed E-state index contributed by atoms with van der Waals surface area (Å²) >= 11 is 0. The molecule has 0 saturated carbocycles. The maximum absolute atomic E-state index is 12.2. The predicted octanol–water partition coefficient (Wildman–Crippen LogP) is 4.39. The van der Waals surface area contributed by atoms with Gasteiger partial charge in [0.25, 0.3) is 5.91 Å². The topological polar surface area (TPSA) is 81.0 Å². The molecule has 33 heavy (non-hydrogen) atoms. The van der Waals surface area contributed by atoms with Crippen molar-refractivity contribution >= 4 is 17.3 Å². The third-order valence-corrected chi connectivity index (χ3v) is 6.13. The van der Waals surface area contributed by atoms with E-state index < -0.39 is 0 Å². The summed E-state index contributed by atoms with van der Waals surface area (Å²) in [6.07, 6.45) is 4.06. The number of hydroxylamine groups is 1. The molecule has 1 N–H and O–H groups in total. The van der Waals surface area contributed by atoms with E-state index in [1.807, 2.05) is 37.4 Å². The Morgan fingerprint density at radius 3 is 2.70 bits per heavy atom. The molecular formula is C26H27N5O2. The molecule has 0 bridgehead atoms. The van der Waals surface area contributed by atoms with Crippen molar-refractivity contribution in [3.63, 3.8) is 0 Å². The Balaban J connectivity index is 1.79. The van der Waals surface area contributed by atoms with Crippen LogP contribution in [0, 0.1) is 18.3 Å². The molecular weight excluding hydrogens is 414 g/mol. The van der Waals surface area contributed by atoms with Crippen LogP contribution in [0.4, 0.5) is 5.69 Å². The van der Waals surface area contributed by atoms with E-state index in [2.05, 4.69) is 53.6 Å². The number of nitrogens with one attached hydrogen (secondary N) is 1. The lowest BCUT2D eigenvalue weighted by Crippen LogP contribution is -2.52.